The van der Waals surface area contributed by atoms with E-state index in [2.05, 4.69) is 31.2 Å². The highest BCUT2D eigenvalue weighted by molar-refractivity contribution is 6.33. The SMILES string of the molecule is CC(C)(C)n1cc(CNc2ccc(F)cc2Cl)cn1. The van der Waals surface area contributed by atoms with Gasteiger partial charge in [0.25, 0.3) is 0 Å². The third-order valence-corrected chi connectivity index (χ3v) is 3.05. The first kappa shape index (κ1) is 13.9. The summed E-state index contributed by atoms with van der Waals surface area (Å²) in [6, 6.07) is 4.31. The van der Waals surface area contributed by atoms with Gasteiger partial charge in [-0.25, -0.2) is 4.39 Å². The molecule has 0 aliphatic heterocycles. The summed E-state index contributed by atoms with van der Waals surface area (Å²) in [4.78, 5) is 0. The van der Waals surface area contributed by atoms with E-state index in [9.17, 15) is 4.39 Å². The van der Waals surface area contributed by atoms with Crippen LogP contribution in [0.5, 0.6) is 0 Å². The molecule has 0 spiro atoms. The van der Waals surface area contributed by atoms with Gasteiger partial charge in [0.05, 0.1) is 22.4 Å². The van der Waals surface area contributed by atoms with E-state index in [0.29, 0.717) is 17.3 Å². The molecule has 0 saturated heterocycles. The lowest BCUT2D eigenvalue weighted by Crippen LogP contribution is -2.21. The molecule has 5 heteroatoms. The van der Waals surface area contributed by atoms with E-state index in [1.54, 1.807) is 6.07 Å². The Kier molecular flexibility index (Phi) is 3.80. The molecule has 3 nitrogen and oxygen atoms in total. The lowest BCUT2D eigenvalue weighted by molar-refractivity contribution is 0.355. The zero-order valence-corrected chi connectivity index (χ0v) is 12.0. The van der Waals surface area contributed by atoms with E-state index in [1.165, 1.54) is 12.1 Å². The molecule has 0 atom stereocenters. The largest absolute Gasteiger partial charge is 0.380 e. The van der Waals surface area contributed by atoms with Crippen LogP contribution in [0.25, 0.3) is 0 Å². The van der Waals surface area contributed by atoms with Gasteiger partial charge in [-0.15, -0.1) is 0 Å². The van der Waals surface area contributed by atoms with Gasteiger partial charge >= 0.3 is 0 Å². The Balaban J connectivity index is 2.04. The maximum absolute atomic E-state index is 12.9. The molecule has 19 heavy (non-hydrogen) atoms. The molecule has 0 saturated carbocycles. The lowest BCUT2D eigenvalue weighted by Gasteiger charge is -2.18. The molecule has 1 aromatic carbocycles. The zero-order chi connectivity index (χ0) is 14.0. The number of benzene rings is 1. The van der Waals surface area contributed by atoms with Gasteiger partial charge in [-0.05, 0) is 39.0 Å². The van der Waals surface area contributed by atoms with Crippen molar-refractivity contribution in [2.75, 3.05) is 5.32 Å². The highest BCUT2D eigenvalue weighted by Gasteiger charge is 2.13. The monoisotopic (exact) mass is 281 g/mol. The van der Waals surface area contributed by atoms with Crippen molar-refractivity contribution in [1.29, 1.82) is 0 Å². The predicted octanol–water partition coefficient (Wildman–Crippen LogP) is 4.04. The third kappa shape index (κ3) is 3.47. The second kappa shape index (κ2) is 5.21. The van der Waals surface area contributed by atoms with Crippen LogP contribution in [0.15, 0.2) is 30.6 Å². The number of nitrogens with zero attached hydrogens (tertiary/aromatic N) is 2. The Hall–Kier alpha value is -1.55. The van der Waals surface area contributed by atoms with Crippen molar-refractivity contribution in [3.8, 4) is 0 Å². The van der Waals surface area contributed by atoms with Gasteiger partial charge in [-0.2, -0.15) is 5.10 Å². The van der Waals surface area contributed by atoms with Crippen molar-refractivity contribution in [3.63, 3.8) is 0 Å². The van der Waals surface area contributed by atoms with E-state index in [1.807, 2.05) is 17.1 Å². The molecule has 0 bridgehead atoms. The van der Waals surface area contributed by atoms with E-state index >= 15 is 0 Å². The molecule has 0 aliphatic carbocycles. The number of anilines is 1. The van der Waals surface area contributed by atoms with Crippen LogP contribution in [-0.4, -0.2) is 9.78 Å². The van der Waals surface area contributed by atoms with Crippen LogP contribution >= 0.6 is 11.6 Å². The summed E-state index contributed by atoms with van der Waals surface area (Å²) in [5.41, 5.74) is 1.73. The van der Waals surface area contributed by atoms with Crippen molar-refractivity contribution in [2.24, 2.45) is 0 Å². The topological polar surface area (TPSA) is 29.9 Å². The zero-order valence-electron chi connectivity index (χ0n) is 11.2. The van der Waals surface area contributed by atoms with E-state index in [0.717, 1.165) is 5.56 Å². The van der Waals surface area contributed by atoms with E-state index < -0.39 is 0 Å². The number of nitrogens with one attached hydrogen (secondary N) is 1. The Bertz CT molecular complexity index is 572. The van der Waals surface area contributed by atoms with Gasteiger partial charge in [-0.3, -0.25) is 4.68 Å². The summed E-state index contributed by atoms with van der Waals surface area (Å²) >= 11 is 5.95. The van der Waals surface area contributed by atoms with Crippen LogP contribution in [0.1, 0.15) is 26.3 Å². The number of rotatable bonds is 3. The maximum Gasteiger partial charge on any atom is 0.124 e. The van der Waals surface area contributed by atoms with Gasteiger partial charge in [0, 0.05) is 18.3 Å². The molecule has 2 rings (SSSR count). The predicted molar refractivity (Wildman–Crippen MR) is 76.0 cm³/mol. The second-order valence-corrected chi connectivity index (χ2v) is 5.85. The second-order valence-electron chi connectivity index (χ2n) is 5.44. The first-order valence-corrected chi connectivity index (χ1v) is 6.47. The summed E-state index contributed by atoms with van der Waals surface area (Å²) in [5, 5.41) is 7.87. The van der Waals surface area contributed by atoms with Gasteiger partial charge in [0.15, 0.2) is 0 Å². The standard InChI is InChI=1S/C14H17ClFN3/c1-14(2,3)19-9-10(8-18-19)7-17-13-5-4-11(16)6-12(13)15/h4-6,8-9,17H,7H2,1-3H3. The van der Waals surface area contributed by atoms with Gasteiger partial charge < -0.3 is 5.32 Å². The summed E-state index contributed by atoms with van der Waals surface area (Å²) in [7, 11) is 0. The molecule has 0 amide bonds. The van der Waals surface area contributed by atoms with Crippen LogP contribution in [-0.2, 0) is 12.1 Å². The molecule has 0 fully saturated rings. The fraction of sp³-hybridized carbons (Fsp3) is 0.357. The minimum absolute atomic E-state index is 0.0359. The normalized spacial score (nSPS) is 11.6. The van der Waals surface area contributed by atoms with Crippen LogP contribution in [0.2, 0.25) is 5.02 Å². The van der Waals surface area contributed by atoms with E-state index in [-0.39, 0.29) is 11.4 Å². The molecule has 1 N–H and O–H groups in total. The number of aromatic nitrogens is 2. The minimum Gasteiger partial charge on any atom is -0.380 e. The summed E-state index contributed by atoms with van der Waals surface area (Å²) in [5.74, 6) is -0.337. The molecule has 0 radical (unpaired) electrons. The van der Waals surface area contributed by atoms with E-state index in [4.69, 9.17) is 11.6 Å². The van der Waals surface area contributed by atoms with Crippen molar-refractivity contribution in [2.45, 2.75) is 32.9 Å². The Labute approximate surface area is 117 Å². The molecule has 1 heterocycles. The number of hydrogen-bond donors (Lipinski definition) is 1. The quantitative estimate of drug-likeness (QED) is 0.920. The third-order valence-electron chi connectivity index (χ3n) is 2.74. The average Bonchev–Trinajstić information content (AvgIpc) is 2.76. The average molecular weight is 282 g/mol. The highest BCUT2D eigenvalue weighted by Crippen LogP contribution is 2.23. The molecule has 102 valence electrons. The summed E-state index contributed by atoms with van der Waals surface area (Å²) < 4.78 is 14.8. The van der Waals surface area contributed by atoms with Crippen LogP contribution in [0, 0.1) is 5.82 Å². The first-order chi connectivity index (χ1) is 8.86. The van der Waals surface area contributed by atoms with Crippen molar-refractivity contribution in [3.05, 3.63) is 47.0 Å². The molecule has 0 unspecified atom stereocenters. The van der Waals surface area contributed by atoms with Gasteiger partial charge in [0.2, 0.25) is 0 Å². The summed E-state index contributed by atoms with van der Waals surface area (Å²) in [6.07, 6.45) is 3.81. The fourth-order valence-electron chi connectivity index (χ4n) is 1.65. The highest BCUT2D eigenvalue weighted by atomic mass is 35.5. The van der Waals surface area contributed by atoms with Crippen LogP contribution < -0.4 is 5.32 Å². The first-order valence-electron chi connectivity index (χ1n) is 6.09. The van der Waals surface area contributed by atoms with Crippen molar-refractivity contribution in [1.82, 2.24) is 9.78 Å². The molecule has 0 aliphatic rings. The number of halogens is 2. The van der Waals surface area contributed by atoms with Crippen LogP contribution in [0.3, 0.4) is 0 Å². The Morgan fingerprint density at radius 1 is 1.37 bits per heavy atom. The summed E-state index contributed by atoms with van der Waals surface area (Å²) in [6.45, 7) is 6.87. The smallest absolute Gasteiger partial charge is 0.124 e. The number of hydrogen-bond acceptors (Lipinski definition) is 2. The molecular formula is C14H17ClFN3. The molecule has 2 aromatic rings. The van der Waals surface area contributed by atoms with Crippen LogP contribution in [0.4, 0.5) is 10.1 Å². The van der Waals surface area contributed by atoms with Crippen molar-refractivity contribution >= 4 is 17.3 Å². The fourth-order valence-corrected chi connectivity index (χ4v) is 1.88. The van der Waals surface area contributed by atoms with Gasteiger partial charge in [-0.1, -0.05) is 11.6 Å². The van der Waals surface area contributed by atoms with Crippen molar-refractivity contribution < 1.29 is 4.39 Å². The van der Waals surface area contributed by atoms with Gasteiger partial charge in [0.1, 0.15) is 5.82 Å². The Morgan fingerprint density at radius 2 is 2.11 bits per heavy atom. The molecule has 1 aromatic heterocycles. The maximum atomic E-state index is 12.9. The Morgan fingerprint density at radius 3 is 2.68 bits per heavy atom. The minimum atomic E-state index is -0.337. The lowest BCUT2D eigenvalue weighted by atomic mass is 10.1. The molecular weight excluding hydrogens is 265 g/mol.